The predicted octanol–water partition coefficient (Wildman–Crippen LogP) is 2.78. The van der Waals surface area contributed by atoms with Crippen LogP contribution in [0, 0.1) is 6.92 Å². The van der Waals surface area contributed by atoms with Gasteiger partial charge in [-0.25, -0.2) is 8.42 Å². The Balaban J connectivity index is 1.38. The molecule has 0 aromatic heterocycles. The van der Waals surface area contributed by atoms with Gasteiger partial charge in [0.25, 0.3) is 0 Å². The SMILES string of the molecule is Cc1ccc(NC(=O)CCC(=O)c2ccc3c(c2)OCCCO3)cc1S(=O)(=O)N1CCOCC1. The molecule has 9 nitrogen and oxygen atoms in total. The molecule has 0 saturated carbocycles. The van der Waals surface area contributed by atoms with Crippen LogP contribution in [0.25, 0.3) is 0 Å². The van der Waals surface area contributed by atoms with Crippen LogP contribution in [-0.2, 0) is 19.6 Å². The summed E-state index contributed by atoms with van der Waals surface area (Å²) in [7, 11) is -3.70. The highest BCUT2D eigenvalue weighted by molar-refractivity contribution is 7.89. The zero-order valence-electron chi connectivity index (χ0n) is 19.0. The summed E-state index contributed by atoms with van der Waals surface area (Å²) in [5, 5.41) is 2.71. The van der Waals surface area contributed by atoms with Crippen molar-refractivity contribution in [1.82, 2.24) is 4.31 Å². The van der Waals surface area contributed by atoms with E-state index in [1.807, 2.05) is 0 Å². The molecule has 1 saturated heterocycles. The van der Waals surface area contributed by atoms with Crippen LogP contribution in [-0.4, -0.2) is 63.9 Å². The molecule has 0 aliphatic carbocycles. The number of sulfonamides is 1. The van der Waals surface area contributed by atoms with Crippen molar-refractivity contribution in [3.05, 3.63) is 47.5 Å². The van der Waals surface area contributed by atoms with Gasteiger partial charge in [-0.15, -0.1) is 0 Å². The molecule has 0 atom stereocenters. The number of hydrogen-bond acceptors (Lipinski definition) is 7. The summed E-state index contributed by atoms with van der Waals surface area (Å²) in [5.41, 5.74) is 1.41. The summed E-state index contributed by atoms with van der Waals surface area (Å²) in [6, 6.07) is 9.78. The van der Waals surface area contributed by atoms with E-state index in [0.29, 0.717) is 67.8 Å². The average Bonchev–Trinajstić information content (AvgIpc) is 3.09. The van der Waals surface area contributed by atoms with Gasteiger partial charge in [0.05, 0.1) is 31.3 Å². The third kappa shape index (κ3) is 5.57. The molecule has 4 rings (SSSR count). The first-order valence-corrected chi connectivity index (χ1v) is 12.7. The number of nitrogens with zero attached hydrogens (tertiary/aromatic N) is 1. The fraction of sp³-hybridized carbons (Fsp3) is 0.417. The highest BCUT2D eigenvalue weighted by atomic mass is 32.2. The number of carbonyl (C=O) groups excluding carboxylic acids is 2. The molecule has 1 amide bonds. The number of Topliss-reactive ketones (excluding diaryl/α,β-unsaturated/α-hetero) is 1. The average molecular weight is 489 g/mol. The number of ether oxygens (including phenoxy) is 3. The second kappa shape index (κ2) is 10.5. The van der Waals surface area contributed by atoms with Crippen LogP contribution in [0.15, 0.2) is 41.3 Å². The van der Waals surface area contributed by atoms with Crippen molar-refractivity contribution in [3.63, 3.8) is 0 Å². The van der Waals surface area contributed by atoms with Gasteiger partial charge in [-0.1, -0.05) is 6.07 Å². The van der Waals surface area contributed by atoms with E-state index < -0.39 is 10.0 Å². The van der Waals surface area contributed by atoms with E-state index in [0.717, 1.165) is 6.42 Å². The first-order chi connectivity index (χ1) is 16.3. The lowest BCUT2D eigenvalue weighted by atomic mass is 10.1. The van der Waals surface area contributed by atoms with Crippen molar-refractivity contribution in [3.8, 4) is 11.5 Å². The minimum Gasteiger partial charge on any atom is -0.490 e. The summed E-state index contributed by atoms with van der Waals surface area (Å²) in [6.07, 6.45) is 0.746. The summed E-state index contributed by atoms with van der Waals surface area (Å²) in [6.45, 7) is 4.09. The predicted molar refractivity (Wildman–Crippen MR) is 125 cm³/mol. The Morgan fingerprint density at radius 3 is 2.44 bits per heavy atom. The van der Waals surface area contributed by atoms with Gasteiger partial charge in [0.1, 0.15) is 0 Å². The van der Waals surface area contributed by atoms with Gasteiger partial charge in [0.15, 0.2) is 17.3 Å². The molecule has 2 aromatic rings. The molecule has 0 radical (unpaired) electrons. The number of hydrogen-bond donors (Lipinski definition) is 1. The zero-order valence-corrected chi connectivity index (χ0v) is 19.9. The van der Waals surface area contributed by atoms with Crippen molar-refractivity contribution < 1.29 is 32.2 Å². The van der Waals surface area contributed by atoms with Crippen LogP contribution < -0.4 is 14.8 Å². The molecule has 182 valence electrons. The van der Waals surface area contributed by atoms with Crippen LogP contribution in [0.5, 0.6) is 11.5 Å². The lowest BCUT2D eigenvalue weighted by Gasteiger charge is -2.26. The van der Waals surface area contributed by atoms with Crippen molar-refractivity contribution in [2.75, 3.05) is 44.8 Å². The zero-order chi connectivity index (χ0) is 24.1. The van der Waals surface area contributed by atoms with Gasteiger partial charge in [-0.05, 0) is 42.8 Å². The van der Waals surface area contributed by atoms with Crippen LogP contribution in [0.3, 0.4) is 0 Å². The highest BCUT2D eigenvalue weighted by Gasteiger charge is 2.28. The van der Waals surface area contributed by atoms with Gasteiger partial charge in [0, 0.05) is 43.6 Å². The number of nitrogens with one attached hydrogen (secondary N) is 1. The summed E-state index contributed by atoms with van der Waals surface area (Å²) in [4.78, 5) is 25.2. The molecule has 0 bridgehead atoms. The first-order valence-electron chi connectivity index (χ1n) is 11.3. The molecule has 2 aliphatic rings. The van der Waals surface area contributed by atoms with Gasteiger partial charge in [-0.2, -0.15) is 4.31 Å². The minimum absolute atomic E-state index is 0.0102. The lowest BCUT2D eigenvalue weighted by molar-refractivity contribution is -0.116. The smallest absolute Gasteiger partial charge is 0.243 e. The fourth-order valence-corrected chi connectivity index (χ4v) is 5.47. The normalized spacial score (nSPS) is 16.5. The third-order valence-corrected chi connectivity index (χ3v) is 7.75. The van der Waals surface area contributed by atoms with Gasteiger partial charge < -0.3 is 19.5 Å². The number of morpholine rings is 1. The Morgan fingerprint density at radius 1 is 0.941 bits per heavy atom. The minimum atomic E-state index is -3.70. The Morgan fingerprint density at radius 2 is 1.68 bits per heavy atom. The molecular weight excluding hydrogens is 460 g/mol. The van der Waals surface area contributed by atoms with Crippen LogP contribution in [0.4, 0.5) is 5.69 Å². The Bertz CT molecular complexity index is 1170. The maximum atomic E-state index is 13.0. The molecular formula is C24H28N2O7S. The molecule has 1 N–H and O–H groups in total. The summed E-state index contributed by atoms with van der Waals surface area (Å²) in [5.74, 6) is 0.571. The molecule has 0 unspecified atom stereocenters. The standard InChI is InChI=1S/C24H28N2O7S/c1-17-3-5-19(16-23(17)34(29,30)26-9-13-31-14-10-26)25-24(28)8-6-20(27)18-4-7-21-22(15-18)33-12-2-11-32-21/h3-5,7,15-16H,2,6,8-14H2,1H3,(H,25,28). The summed E-state index contributed by atoms with van der Waals surface area (Å²) < 4.78 is 43.9. The van der Waals surface area contributed by atoms with Gasteiger partial charge in [0.2, 0.25) is 15.9 Å². The van der Waals surface area contributed by atoms with Crippen molar-refractivity contribution >= 4 is 27.4 Å². The Labute approximate surface area is 199 Å². The van der Waals surface area contributed by atoms with E-state index in [-0.39, 0.29) is 29.4 Å². The number of rotatable bonds is 7. The third-order valence-electron chi connectivity index (χ3n) is 5.71. The molecule has 0 spiro atoms. The Hall–Kier alpha value is -2.95. The van der Waals surface area contributed by atoms with E-state index in [2.05, 4.69) is 5.32 Å². The molecule has 2 aliphatic heterocycles. The quantitative estimate of drug-likeness (QED) is 0.597. The van der Waals surface area contributed by atoms with E-state index in [1.54, 1.807) is 37.3 Å². The molecule has 1 fully saturated rings. The maximum Gasteiger partial charge on any atom is 0.243 e. The first kappa shape index (κ1) is 24.2. The number of carbonyl (C=O) groups is 2. The van der Waals surface area contributed by atoms with Crippen LogP contribution in [0.2, 0.25) is 0 Å². The van der Waals surface area contributed by atoms with E-state index >= 15 is 0 Å². The van der Waals surface area contributed by atoms with Gasteiger partial charge >= 0.3 is 0 Å². The van der Waals surface area contributed by atoms with Crippen LogP contribution >= 0.6 is 0 Å². The van der Waals surface area contributed by atoms with Crippen molar-refractivity contribution in [2.24, 2.45) is 0 Å². The topological polar surface area (TPSA) is 111 Å². The summed E-state index contributed by atoms with van der Waals surface area (Å²) >= 11 is 0. The van der Waals surface area contributed by atoms with Gasteiger partial charge in [-0.3, -0.25) is 9.59 Å². The fourth-order valence-electron chi connectivity index (χ4n) is 3.81. The molecule has 10 heteroatoms. The monoisotopic (exact) mass is 488 g/mol. The van der Waals surface area contributed by atoms with Crippen molar-refractivity contribution in [1.29, 1.82) is 0 Å². The van der Waals surface area contributed by atoms with Crippen molar-refractivity contribution in [2.45, 2.75) is 31.1 Å². The highest BCUT2D eigenvalue weighted by Crippen LogP contribution is 2.31. The van der Waals surface area contributed by atoms with E-state index in [4.69, 9.17) is 14.2 Å². The number of ketones is 1. The van der Waals surface area contributed by atoms with E-state index in [1.165, 1.54) is 10.4 Å². The second-order valence-corrected chi connectivity index (χ2v) is 10.1. The largest absolute Gasteiger partial charge is 0.490 e. The van der Waals surface area contributed by atoms with E-state index in [9.17, 15) is 18.0 Å². The number of aryl methyl sites for hydroxylation is 1. The lowest BCUT2D eigenvalue weighted by Crippen LogP contribution is -2.40. The number of anilines is 1. The molecule has 2 aromatic carbocycles. The molecule has 34 heavy (non-hydrogen) atoms. The number of fused-ring (bicyclic) bond motifs is 1. The number of benzene rings is 2. The van der Waals surface area contributed by atoms with Crippen LogP contribution in [0.1, 0.15) is 35.2 Å². The number of amides is 1. The Kier molecular flexibility index (Phi) is 7.50. The maximum absolute atomic E-state index is 13.0. The molecule has 2 heterocycles. The second-order valence-electron chi connectivity index (χ2n) is 8.18.